The normalized spacial score (nSPS) is 17.2. The summed E-state index contributed by atoms with van der Waals surface area (Å²) in [6.07, 6.45) is 0. The fourth-order valence-corrected chi connectivity index (χ4v) is 4.93. The summed E-state index contributed by atoms with van der Waals surface area (Å²) < 4.78 is 34.3. The lowest BCUT2D eigenvalue weighted by Gasteiger charge is -2.38. The summed E-state index contributed by atoms with van der Waals surface area (Å²) >= 11 is 0. The number of nitrogens with one attached hydrogen (secondary N) is 1. The molecule has 6 nitrogen and oxygen atoms in total. The van der Waals surface area contributed by atoms with Crippen LogP contribution in [0.3, 0.4) is 0 Å². The largest absolute Gasteiger partial charge is 0.495 e. The van der Waals surface area contributed by atoms with E-state index in [0.717, 1.165) is 37.3 Å². The molecule has 1 N–H and O–H groups in total. The second-order valence-electron chi connectivity index (χ2n) is 7.77. The molecule has 0 amide bonds. The summed E-state index contributed by atoms with van der Waals surface area (Å²) in [5.41, 5.74) is 3.19. The zero-order chi connectivity index (χ0) is 21.0. The highest BCUT2D eigenvalue weighted by Crippen LogP contribution is 2.26. The van der Waals surface area contributed by atoms with Gasteiger partial charge in [0.1, 0.15) is 10.6 Å². The van der Waals surface area contributed by atoms with Gasteiger partial charge in [-0.15, -0.1) is 0 Å². The highest BCUT2D eigenvalue weighted by atomic mass is 32.2. The van der Waals surface area contributed by atoms with E-state index in [1.807, 2.05) is 13.0 Å². The minimum Gasteiger partial charge on any atom is -0.495 e. The molecule has 7 heteroatoms. The van der Waals surface area contributed by atoms with Crippen molar-refractivity contribution in [3.05, 3.63) is 59.2 Å². The van der Waals surface area contributed by atoms with Crippen LogP contribution in [0.2, 0.25) is 0 Å². The molecule has 1 aliphatic rings. The summed E-state index contributed by atoms with van der Waals surface area (Å²) in [6, 6.07) is 13.5. The molecule has 1 saturated heterocycles. The fourth-order valence-electron chi connectivity index (χ4n) is 3.64. The third kappa shape index (κ3) is 5.36. The Hall–Kier alpha value is -1.93. The van der Waals surface area contributed by atoms with Gasteiger partial charge in [0.05, 0.1) is 7.11 Å². The molecule has 1 fully saturated rings. The van der Waals surface area contributed by atoms with Crippen molar-refractivity contribution in [3.8, 4) is 5.75 Å². The van der Waals surface area contributed by atoms with Crippen molar-refractivity contribution in [2.24, 2.45) is 0 Å². The Labute approximate surface area is 174 Å². The molecule has 2 aromatic carbocycles. The third-order valence-electron chi connectivity index (χ3n) is 5.52. The van der Waals surface area contributed by atoms with Crippen molar-refractivity contribution in [2.75, 3.05) is 46.9 Å². The summed E-state index contributed by atoms with van der Waals surface area (Å²) in [6.45, 7) is 8.00. The van der Waals surface area contributed by atoms with Crippen molar-refractivity contribution in [1.82, 2.24) is 14.5 Å². The molecule has 0 aromatic heterocycles. The molecule has 1 aliphatic heterocycles. The number of benzene rings is 2. The Balaban J connectivity index is 1.84. The second-order valence-corrected chi connectivity index (χ2v) is 9.51. The van der Waals surface area contributed by atoms with Gasteiger partial charge < -0.3 is 9.64 Å². The summed E-state index contributed by atoms with van der Waals surface area (Å²) in [7, 11) is -0.0932. The van der Waals surface area contributed by atoms with Crippen LogP contribution in [0.25, 0.3) is 0 Å². The number of sulfonamides is 1. The maximum atomic E-state index is 13.1. The van der Waals surface area contributed by atoms with Crippen LogP contribution in [0.1, 0.15) is 22.7 Å². The van der Waals surface area contributed by atoms with Gasteiger partial charge in [0, 0.05) is 38.8 Å². The topological polar surface area (TPSA) is 61.9 Å². The van der Waals surface area contributed by atoms with Crippen molar-refractivity contribution >= 4 is 10.0 Å². The number of likely N-dealkylation sites (N-methyl/N-ethyl adjacent to an activating group) is 1. The lowest BCUT2D eigenvalue weighted by molar-refractivity contribution is 0.113. The number of piperazine rings is 1. The highest BCUT2D eigenvalue weighted by molar-refractivity contribution is 7.89. The van der Waals surface area contributed by atoms with Crippen LogP contribution in [-0.2, 0) is 10.0 Å². The number of rotatable bonds is 7. The molecule has 0 saturated carbocycles. The molecule has 1 heterocycles. The van der Waals surface area contributed by atoms with Gasteiger partial charge in [-0.25, -0.2) is 13.1 Å². The van der Waals surface area contributed by atoms with Gasteiger partial charge in [-0.3, -0.25) is 4.90 Å². The van der Waals surface area contributed by atoms with Crippen LogP contribution < -0.4 is 9.46 Å². The first-order chi connectivity index (χ1) is 13.8. The molecule has 0 radical (unpaired) electrons. The Morgan fingerprint density at radius 2 is 1.62 bits per heavy atom. The number of hydrogen-bond donors (Lipinski definition) is 1. The predicted octanol–water partition coefficient (Wildman–Crippen LogP) is 2.58. The van der Waals surface area contributed by atoms with Crippen molar-refractivity contribution in [1.29, 1.82) is 0 Å². The Morgan fingerprint density at radius 1 is 1.00 bits per heavy atom. The SMILES string of the molecule is COc1ccc(C)cc1S(=O)(=O)NCC(c1ccc(C)cc1)N1CCN(C)CC1. The van der Waals surface area contributed by atoms with E-state index in [9.17, 15) is 8.42 Å². The average molecular weight is 418 g/mol. The van der Waals surface area contributed by atoms with Crippen LogP contribution in [0.4, 0.5) is 0 Å². The Bertz CT molecular complexity index is 921. The minimum atomic E-state index is -3.70. The molecule has 1 unspecified atom stereocenters. The van der Waals surface area contributed by atoms with Crippen molar-refractivity contribution < 1.29 is 13.2 Å². The Kier molecular flexibility index (Phi) is 6.95. The molecule has 3 rings (SSSR count). The first-order valence-electron chi connectivity index (χ1n) is 9.93. The van der Waals surface area contributed by atoms with Crippen LogP contribution in [0.5, 0.6) is 5.75 Å². The van der Waals surface area contributed by atoms with Gasteiger partial charge in [-0.1, -0.05) is 35.9 Å². The lowest BCUT2D eigenvalue weighted by atomic mass is 10.0. The van der Waals surface area contributed by atoms with E-state index in [1.54, 1.807) is 12.1 Å². The molecule has 0 bridgehead atoms. The third-order valence-corrected chi connectivity index (χ3v) is 6.96. The smallest absolute Gasteiger partial charge is 0.244 e. The number of methoxy groups -OCH3 is 1. The zero-order valence-corrected chi connectivity index (χ0v) is 18.5. The van der Waals surface area contributed by atoms with Crippen LogP contribution in [0, 0.1) is 13.8 Å². The zero-order valence-electron chi connectivity index (χ0n) is 17.7. The summed E-state index contributed by atoms with van der Waals surface area (Å²) in [5, 5.41) is 0. The van der Waals surface area contributed by atoms with E-state index in [1.165, 1.54) is 12.7 Å². The molecule has 1 atom stereocenters. The highest BCUT2D eigenvalue weighted by Gasteiger charge is 2.27. The maximum absolute atomic E-state index is 13.1. The van der Waals surface area contributed by atoms with Gasteiger partial charge >= 0.3 is 0 Å². The van der Waals surface area contributed by atoms with Crippen LogP contribution in [-0.4, -0.2) is 65.1 Å². The number of nitrogens with zero attached hydrogens (tertiary/aromatic N) is 2. The van der Waals surface area contributed by atoms with E-state index in [0.29, 0.717) is 12.3 Å². The Morgan fingerprint density at radius 3 is 2.24 bits per heavy atom. The first-order valence-corrected chi connectivity index (χ1v) is 11.4. The summed E-state index contributed by atoms with van der Waals surface area (Å²) in [5.74, 6) is 0.356. The van der Waals surface area contributed by atoms with E-state index < -0.39 is 10.0 Å². The number of aryl methyl sites for hydroxylation is 2. The molecular weight excluding hydrogens is 386 g/mol. The van der Waals surface area contributed by atoms with Crippen LogP contribution >= 0.6 is 0 Å². The first kappa shape index (κ1) is 21.8. The van der Waals surface area contributed by atoms with E-state index in [4.69, 9.17) is 4.74 Å². The molecule has 0 spiro atoms. The van der Waals surface area contributed by atoms with E-state index >= 15 is 0 Å². The van der Waals surface area contributed by atoms with Crippen molar-refractivity contribution in [3.63, 3.8) is 0 Å². The number of ether oxygens (including phenoxy) is 1. The monoisotopic (exact) mass is 417 g/mol. The van der Waals surface area contributed by atoms with Crippen molar-refractivity contribution in [2.45, 2.75) is 24.8 Å². The molecular formula is C22H31N3O3S. The van der Waals surface area contributed by atoms with Crippen LogP contribution in [0.15, 0.2) is 47.4 Å². The standard InChI is InChI=1S/C22H31N3O3S/c1-17-5-8-19(9-6-17)20(25-13-11-24(3)12-14-25)16-23-29(26,27)22-15-18(2)7-10-21(22)28-4/h5-10,15,20,23H,11-14,16H2,1-4H3. The quantitative estimate of drug-likeness (QED) is 0.750. The average Bonchev–Trinajstić information content (AvgIpc) is 2.70. The van der Waals surface area contributed by atoms with E-state index in [-0.39, 0.29) is 10.9 Å². The summed E-state index contributed by atoms with van der Waals surface area (Å²) in [4.78, 5) is 4.84. The van der Waals surface area contributed by atoms with Gasteiger partial charge in [0.15, 0.2) is 0 Å². The fraction of sp³-hybridized carbons (Fsp3) is 0.455. The predicted molar refractivity (Wildman–Crippen MR) is 116 cm³/mol. The van der Waals surface area contributed by atoms with Gasteiger partial charge in [-0.05, 0) is 44.2 Å². The van der Waals surface area contributed by atoms with Gasteiger partial charge in [-0.2, -0.15) is 0 Å². The van der Waals surface area contributed by atoms with Gasteiger partial charge in [0.25, 0.3) is 0 Å². The van der Waals surface area contributed by atoms with Gasteiger partial charge in [0.2, 0.25) is 10.0 Å². The molecule has 158 valence electrons. The minimum absolute atomic E-state index is 0.0186. The lowest BCUT2D eigenvalue weighted by Crippen LogP contribution is -2.48. The number of hydrogen-bond acceptors (Lipinski definition) is 5. The maximum Gasteiger partial charge on any atom is 0.244 e. The molecule has 0 aliphatic carbocycles. The molecule has 2 aromatic rings. The second kappa shape index (κ2) is 9.26. The molecule has 29 heavy (non-hydrogen) atoms. The van der Waals surface area contributed by atoms with E-state index in [2.05, 4.69) is 52.8 Å².